The van der Waals surface area contributed by atoms with Crippen LogP contribution in [0.1, 0.15) is 39.2 Å². The highest BCUT2D eigenvalue weighted by Gasteiger charge is 2.56. The van der Waals surface area contributed by atoms with Gasteiger partial charge in [0.15, 0.2) is 5.96 Å². The summed E-state index contributed by atoms with van der Waals surface area (Å²) in [5, 5.41) is 4.18. The maximum Gasteiger partial charge on any atom is 0.261 e. The Hall–Kier alpha value is -4.47. The number of nitrogens with zero attached hydrogens (tertiary/aromatic N) is 6. The third-order valence-corrected chi connectivity index (χ3v) is 11.1. The topological polar surface area (TPSA) is 87.9 Å². The number of nitrogens with one attached hydrogen (secondary N) is 1. The van der Waals surface area contributed by atoms with Crippen LogP contribution in [0, 0.1) is 29.0 Å². The molecule has 9 nitrogen and oxygen atoms in total. The van der Waals surface area contributed by atoms with E-state index in [1.54, 1.807) is 23.0 Å². The second kappa shape index (κ2) is 12.6. The number of aryl methyl sites for hydroxylation is 2. The minimum absolute atomic E-state index is 0.145. The average Bonchev–Trinajstić information content (AvgIpc) is 3.09. The maximum absolute atomic E-state index is 14.5. The van der Waals surface area contributed by atoms with Crippen molar-refractivity contribution in [1.82, 2.24) is 19.4 Å². The van der Waals surface area contributed by atoms with Gasteiger partial charge in [-0.25, -0.2) is 19.4 Å². The first-order valence-corrected chi connectivity index (χ1v) is 16.8. The van der Waals surface area contributed by atoms with Crippen molar-refractivity contribution >= 4 is 28.4 Å². The number of hydrogen-bond donors (Lipinski definition) is 1. The Labute approximate surface area is 275 Å². The highest BCUT2D eigenvalue weighted by Crippen LogP contribution is 2.61. The van der Waals surface area contributed by atoms with Crippen molar-refractivity contribution < 1.29 is 9.13 Å². The number of pyridine rings is 1. The zero-order chi connectivity index (χ0) is 32.7. The van der Waals surface area contributed by atoms with Crippen molar-refractivity contribution in [1.29, 1.82) is 0 Å². The molecule has 0 amide bonds. The minimum Gasteiger partial charge on any atom is -0.497 e. The van der Waals surface area contributed by atoms with E-state index in [1.165, 1.54) is 19.6 Å². The normalized spacial score (nSPS) is 23.8. The molecule has 3 aliphatic carbocycles. The number of aliphatic imine (C=N–C) groups is 1. The molecule has 1 aliphatic heterocycles. The van der Waals surface area contributed by atoms with Crippen molar-refractivity contribution in [3.63, 3.8) is 0 Å². The van der Waals surface area contributed by atoms with Crippen LogP contribution < -0.4 is 20.5 Å². The molecule has 0 spiro atoms. The van der Waals surface area contributed by atoms with Gasteiger partial charge in [0.25, 0.3) is 5.56 Å². The first-order valence-electron chi connectivity index (χ1n) is 16.8. The highest BCUT2D eigenvalue weighted by atomic mass is 19.1. The van der Waals surface area contributed by atoms with Gasteiger partial charge in [-0.2, -0.15) is 0 Å². The lowest BCUT2D eigenvalue weighted by atomic mass is 9.45. The molecular weight excluding hydrogens is 593 g/mol. The summed E-state index contributed by atoms with van der Waals surface area (Å²) >= 11 is 0. The fourth-order valence-corrected chi connectivity index (χ4v) is 7.95. The van der Waals surface area contributed by atoms with Gasteiger partial charge in [-0.3, -0.25) is 9.36 Å². The van der Waals surface area contributed by atoms with Crippen LogP contribution in [0.25, 0.3) is 10.9 Å². The molecule has 1 saturated heterocycles. The van der Waals surface area contributed by atoms with E-state index in [0.29, 0.717) is 58.4 Å². The van der Waals surface area contributed by atoms with E-state index >= 15 is 0 Å². The summed E-state index contributed by atoms with van der Waals surface area (Å²) in [6, 6.07) is 16.8. The lowest BCUT2D eigenvalue weighted by molar-refractivity contribution is -0.108. The molecule has 2 bridgehead atoms. The lowest BCUT2D eigenvalue weighted by Crippen LogP contribution is -2.57. The maximum atomic E-state index is 14.5. The van der Waals surface area contributed by atoms with Crippen molar-refractivity contribution in [2.75, 3.05) is 43.5 Å². The molecule has 4 aliphatic rings. The highest BCUT2D eigenvalue weighted by molar-refractivity contribution is 5.96. The van der Waals surface area contributed by atoms with E-state index in [2.05, 4.69) is 51.9 Å². The van der Waals surface area contributed by atoms with Crippen molar-refractivity contribution in [2.24, 2.45) is 28.2 Å². The van der Waals surface area contributed by atoms with Crippen LogP contribution in [-0.4, -0.2) is 64.7 Å². The van der Waals surface area contributed by atoms with Crippen molar-refractivity contribution in [3.05, 3.63) is 88.9 Å². The van der Waals surface area contributed by atoms with Gasteiger partial charge in [0.2, 0.25) is 0 Å². The number of halogens is 1. The van der Waals surface area contributed by atoms with Gasteiger partial charge >= 0.3 is 0 Å². The average molecular weight is 638 g/mol. The molecule has 4 fully saturated rings. The predicted molar refractivity (Wildman–Crippen MR) is 185 cm³/mol. The molecule has 2 aromatic heterocycles. The molecule has 10 heteroatoms. The lowest BCUT2D eigenvalue weighted by Gasteiger charge is -2.61. The molecule has 1 N–H and O–H groups in total. The van der Waals surface area contributed by atoms with Crippen LogP contribution in [0.15, 0.2) is 76.9 Å². The standard InChI is InChI=1S/C37H44FN7O2/c1-24-30-19-26(37(30,2)3)20-32(24)42-36(44-17-15-43(16-18-44)34-7-5-6-13-39-34)41-27-9-11-29-33(21-27)40-23-45(35(29)46)14-12-25-8-10-28(47-4)22-31(25)38/h5-11,13,21-24,26,30,32H,12,14-20H2,1-4H3,(H,41,42)/t24-,26-,30-,32+/m1/s1. The first kappa shape index (κ1) is 31.1. The quantitative estimate of drug-likeness (QED) is 0.201. The van der Waals surface area contributed by atoms with Crippen LogP contribution >= 0.6 is 0 Å². The molecule has 2 aromatic carbocycles. The number of piperazine rings is 1. The van der Waals surface area contributed by atoms with Crippen LogP contribution in [0.5, 0.6) is 5.75 Å². The number of methoxy groups -OCH3 is 1. The van der Waals surface area contributed by atoms with Gasteiger partial charge in [0, 0.05) is 50.7 Å². The number of ether oxygens (including phenoxy) is 1. The molecule has 0 unspecified atom stereocenters. The Balaban J connectivity index is 1.11. The van der Waals surface area contributed by atoms with Crippen molar-refractivity contribution in [2.45, 2.75) is 52.6 Å². The first-order chi connectivity index (χ1) is 22.7. The number of benzene rings is 2. The minimum atomic E-state index is -0.346. The Bertz CT molecular complexity index is 1830. The predicted octanol–water partition coefficient (Wildman–Crippen LogP) is 5.84. The van der Waals surface area contributed by atoms with E-state index < -0.39 is 0 Å². The Morgan fingerprint density at radius 2 is 1.89 bits per heavy atom. The van der Waals surface area contributed by atoms with E-state index in [1.807, 2.05) is 36.5 Å². The van der Waals surface area contributed by atoms with Gasteiger partial charge in [0.05, 0.1) is 30.4 Å². The molecule has 47 heavy (non-hydrogen) atoms. The molecule has 246 valence electrons. The Morgan fingerprint density at radius 3 is 2.60 bits per heavy atom. The SMILES string of the molecule is COc1ccc(CCn2cnc3cc(NC(=N[C@H]4C[C@H]5C[C@H]([C@H]4C)C5(C)C)N4CCN(c5ccccn5)CC4)ccc3c2=O)c(F)c1. The number of hydrogen-bond acceptors (Lipinski definition) is 6. The van der Waals surface area contributed by atoms with Crippen LogP contribution in [-0.2, 0) is 13.0 Å². The van der Waals surface area contributed by atoms with Gasteiger partial charge in [-0.15, -0.1) is 0 Å². The van der Waals surface area contributed by atoms with E-state index in [4.69, 9.17) is 9.73 Å². The summed E-state index contributed by atoms with van der Waals surface area (Å²) in [6.07, 6.45) is 6.20. The molecule has 3 heterocycles. The van der Waals surface area contributed by atoms with Gasteiger partial charge in [-0.05, 0) is 84.4 Å². The molecule has 0 radical (unpaired) electrons. The Kier molecular flexibility index (Phi) is 8.36. The monoisotopic (exact) mass is 637 g/mol. The zero-order valence-electron chi connectivity index (χ0n) is 27.7. The van der Waals surface area contributed by atoms with Gasteiger partial charge in [-0.1, -0.05) is 32.9 Å². The van der Waals surface area contributed by atoms with Gasteiger partial charge < -0.3 is 19.9 Å². The zero-order valence-corrected chi connectivity index (χ0v) is 27.7. The van der Waals surface area contributed by atoms with Gasteiger partial charge in [0.1, 0.15) is 17.4 Å². The number of guanidine groups is 1. The summed E-state index contributed by atoms with van der Waals surface area (Å²) < 4.78 is 21.1. The smallest absolute Gasteiger partial charge is 0.261 e. The number of fused-ring (bicyclic) bond motifs is 3. The summed E-state index contributed by atoms with van der Waals surface area (Å²) in [5.74, 6) is 3.94. The summed E-state index contributed by atoms with van der Waals surface area (Å²) in [7, 11) is 1.51. The number of anilines is 2. The van der Waals surface area contributed by atoms with E-state index in [9.17, 15) is 9.18 Å². The van der Waals surface area contributed by atoms with Crippen LogP contribution in [0.2, 0.25) is 0 Å². The van der Waals surface area contributed by atoms with E-state index in [0.717, 1.165) is 50.1 Å². The second-order valence-corrected chi connectivity index (χ2v) is 13.9. The number of rotatable bonds is 7. The molecule has 3 saturated carbocycles. The summed E-state index contributed by atoms with van der Waals surface area (Å²) in [4.78, 5) is 32.7. The molecule has 4 aromatic rings. The summed E-state index contributed by atoms with van der Waals surface area (Å²) in [6.45, 7) is 10.9. The Morgan fingerprint density at radius 1 is 1.06 bits per heavy atom. The van der Waals surface area contributed by atoms with Crippen LogP contribution in [0.4, 0.5) is 15.9 Å². The molecule has 4 atom stereocenters. The number of aromatic nitrogens is 3. The largest absolute Gasteiger partial charge is 0.497 e. The molecule has 8 rings (SSSR count). The fourth-order valence-electron chi connectivity index (χ4n) is 7.95. The third-order valence-electron chi connectivity index (χ3n) is 11.1. The summed E-state index contributed by atoms with van der Waals surface area (Å²) in [5.41, 5.74) is 2.24. The fraction of sp³-hybridized carbons (Fsp3) is 0.459. The van der Waals surface area contributed by atoms with E-state index in [-0.39, 0.29) is 17.4 Å². The van der Waals surface area contributed by atoms with Crippen molar-refractivity contribution in [3.8, 4) is 5.75 Å². The molecular formula is C37H44FN7O2. The van der Waals surface area contributed by atoms with Crippen LogP contribution in [0.3, 0.4) is 0 Å². The third kappa shape index (κ3) is 6.05. The second-order valence-electron chi connectivity index (χ2n) is 13.9.